The zero-order chi connectivity index (χ0) is 17.5. The summed E-state index contributed by atoms with van der Waals surface area (Å²) in [6.45, 7) is 0.837. The molecule has 0 bridgehead atoms. The lowest BCUT2D eigenvalue weighted by Crippen LogP contribution is -2.28. The van der Waals surface area contributed by atoms with Crippen LogP contribution < -0.4 is 14.8 Å². The van der Waals surface area contributed by atoms with Gasteiger partial charge >= 0.3 is 0 Å². The number of nitrogens with one attached hydrogen (secondary N) is 1. The SMILES string of the molecule is COc1ccc(OCCNC(=O)c2ccc(-n3cccc3)cc2)cc1. The van der Waals surface area contributed by atoms with Gasteiger partial charge in [0.1, 0.15) is 18.1 Å². The van der Waals surface area contributed by atoms with Gasteiger partial charge < -0.3 is 19.4 Å². The summed E-state index contributed by atoms with van der Waals surface area (Å²) >= 11 is 0. The summed E-state index contributed by atoms with van der Waals surface area (Å²) < 4.78 is 12.7. The molecule has 0 aliphatic heterocycles. The predicted octanol–water partition coefficient (Wildman–Crippen LogP) is 3.29. The molecule has 0 unspecified atom stereocenters. The van der Waals surface area contributed by atoms with Gasteiger partial charge in [-0.1, -0.05) is 0 Å². The molecule has 1 N–H and O–H groups in total. The van der Waals surface area contributed by atoms with Crippen molar-refractivity contribution in [3.05, 3.63) is 78.6 Å². The lowest BCUT2D eigenvalue weighted by Gasteiger charge is -2.09. The van der Waals surface area contributed by atoms with Crippen molar-refractivity contribution in [2.24, 2.45) is 0 Å². The van der Waals surface area contributed by atoms with Crippen molar-refractivity contribution < 1.29 is 14.3 Å². The molecule has 0 spiro atoms. The largest absolute Gasteiger partial charge is 0.497 e. The second kappa shape index (κ2) is 8.06. The van der Waals surface area contributed by atoms with Gasteiger partial charge in [0.2, 0.25) is 0 Å². The van der Waals surface area contributed by atoms with Crippen LogP contribution in [0.4, 0.5) is 0 Å². The summed E-state index contributed by atoms with van der Waals surface area (Å²) in [4.78, 5) is 12.1. The van der Waals surface area contributed by atoms with E-state index in [0.717, 1.165) is 17.2 Å². The van der Waals surface area contributed by atoms with Gasteiger partial charge in [-0.2, -0.15) is 0 Å². The molecule has 25 heavy (non-hydrogen) atoms. The van der Waals surface area contributed by atoms with E-state index in [-0.39, 0.29) is 5.91 Å². The second-order valence-corrected chi connectivity index (χ2v) is 5.42. The molecule has 1 heterocycles. The summed E-state index contributed by atoms with van der Waals surface area (Å²) in [6, 6.07) is 18.7. The van der Waals surface area contributed by atoms with Crippen LogP contribution in [0.25, 0.3) is 5.69 Å². The number of methoxy groups -OCH3 is 1. The topological polar surface area (TPSA) is 52.5 Å². The third kappa shape index (κ3) is 4.41. The number of hydrogen-bond acceptors (Lipinski definition) is 3. The summed E-state index contributed by atoms with van der Waals surface area (Å²) in [7, 11) is 1.62. The van der Waals surface area contributed by atoms with E-state index >= 15 is 0 Å². The van der Waals surface area contributed by atoms with E-state index in [1.54, 1.807) is 7.11 Å². The van der Waals surface area contributed by atoms with E-state index in [1.807, 2.05) is 77.6 Å². The van der Waals surface area contributed by atoms with Crippen LogP contribution in [0.3, 0.4) is 0 Å². The van der Waals surface area contributed by atoms with Gasteiger partial charge in [-0.15, -0.1) is 0 Å². The van der Waals surface area contributed by atoms with Crippen molar-refractivity contribution >= 4 is 5.91 Å². The first kappa shape index (κ1) is 16.6. The Balaban J connectivity index is 1.45. The summed E-state index contributed by atoms with van der Waals surface area (Å²) in [5, 5.41) is 2.85. The van der Waals surface area contributed by atoms with E-state index in [1.165, 1.54) is 0 Å². The highest BCUT2D eigenvalue weighted by molar-refractivity contribution is 5.94. The Kier molecular flexibility index (Phi) is 5.36. The average Bonchev–Trinajstić information content (AvgIpc) is 3.20. The van der Waals surface area contributed by atoms with Crippen LogP contribution in [0, 0.1) is 0 Å². The highest BCUT2D eigenvalue weighted by Crippen LogP contribution is 2.16. The number of amides is 1. The van der Waals surface area contributed by atoms with Crippen LogP contribution >= 0.6 is 0 Å². The van der Waals surface area contributed by atoms with Gasteiger partial charge in [-0.25, -0.2) is 0 Å². The molecular formula is C20H20N2O3. The van der Waals surface area contributed by atoms with Crippen LogP contribution in [-0.4, -0.2) is 30.7 Å². The molecule has 0 atom stereocenters. The van der Waals surface area contributed by atoms with E-state index in [2.05, 4.69) is 5.32 Å². The Morgan fingerprint density at radius 3 is 2.24 bits per heavy atom. The molecule has 3 aromatic rings. The van der Waals surface area contributed by atoms with E-state index in [0.29, 0.717) is 18.7 Å². The monoisotopic (exact) mass is 336 g/mol. The van der Waals surface area contributed by atoms with Crippen LogP contribution in [0.15, 0.2) is 73.1 Å². The fraction of sp³-hybridized carbons (Fsp3) is 0.150. The summed E-state index contributed by atoms with van der Waals surface area (Å²) in [6.07, 6.45) is 3.93. The molecule has 5 nitrogen and oxygen atoms in total. The number of aromatic nitrogens is 1. The van der Waals surface area contributed by atoms with Crippen molar-refractivity contribution in [1.29, 1.82) is 0 Å². The summed E-state index contributed by atoms with van der Waals surface area (Å²) in [5.74, 6) is 1.41. The smallest absolute Gasteiger partial charge is 0.251 e. The quantitative estimate of drug-likeness (QED) is 0.674. The standard InChI is InChI=1S/C20H20N2O3/c1-24-18-8-10-19(11-9-18)25-15-12-21-20(23)16-4-6-17(7-5-16)22-13-2-3-14-22/h2-11,13-14H,12,15H2,1H3,(H,21,23). The van der Waals surface area contributed by atoms with Gasteiger partial charge in [0, 0.05) is 23.6 Å². The minimum atomic E-state index is -0.114. The number of hydrogen-bond donors (Lipinski definition) is 1. The molecule has 128 valence electrons. The maximum atomic E-state index is 12.1. The number of carbonyl (C=O) groups is 1. The molecule has 3 rings (SSSR count). The second-order valence-electron chi connectivity index (χ2n) is 5.42. The van der Waals surface area contributed by atoms with Crippen LogP contribution in [0.1, 0.15) is 10.4 Å². The minimum Gasteiger partial charge on any atom is -0.497 e. The van der Waals surface area contributed by atoms with Gasteiger partial charge in [0.15, 0.2) is 0 Å². The Morgan fingerprint density at radius 2 is 1.60 bits per heavy atom. The van der Waals surface area contributed by atoms with Crippen LogP contribution in [-0.2, 0) is 0 Å². The third-order valence-corrected chi connectivity index (χ3v) is 3.75. The molecule has 1 amide bonds. The Morgan fingerprint density at radius 1 is 0.960 bits per heavy atom. The first-order valence-corrected chi connectivity index (χ1v) is 8.05. The highest BCUT2D eigenvalue weighted by atomic mass is 16.5. The fourth-order valence-corrected chi connectivity index (χ4v) is 2.40. The van der Waals surface area contributed by atoms with Gasteiger partial charge in [0.25, 0.3) is 5.91 Å². The molecule has 1 aromatic heterocycles. The molecule has 0 aliphatic carbocycles. The van der Waals surface area contributed by atoms with Gasteiger partial charge in [-0.3, -0.25) is 4.79 Å². The molecule has 0 fully saturated rings. The maximum absolute atomic E-state index is 12.1. The molecule has 0 saturated heterocycles. The lowest BCUT2D eigenvalue weighted by atomic mass is 10.2. The van der Waals surface area contributed by atoms with Gasteiger partial charge in [-0.05, 0) is 60.7 Å². The predicted molar refractivity (Wildman–Crippen MR) is 96.6 cm³/mol. The van der Waals surface area contributed by atoms with E-state index in [9.17, 15) is 4.79 Å². The molecule has 5 heteroatoms. The zero-order valence-corrected chi connectivity index (χ0v) is 14.0. The zero-order valence-electron chi connectivity index (χ0n) is 14.0. The summed E-state index contributed by atoms with van der Waals surface area (Å²) in [5.41, 5.74) is 1.64. The van der Waals surface area contributed by atoms with Crippen molar-refractivity contribution in [2.75, 3.05) is 20.3 Å². The average molecular weight is 336 g/mol. The van der Waals surface area contributed by atoms with Crippen molar-refractivity contribution in [3.63, 3.8) is 0 Å². The van der Waals surface area contributed by atoms with Crippen molar-refractivity contribution in [1.82, 2.24) is 9.88 Å². The lowest BCUT2D eigenvalue weighted by molar-refractivity contribution is 0.0947. The third-order valence-electron chi connectivity index (χ3n) is 3.75. The number of benzene rings is 2. The van der Waals surface area contributed by atoms with E-state index < -0.39 is 0 Å². The molecular weight excluding hydrogens is 316 g/mol. The minimum absolute atomic E-state index is 0.114. The molecule has 0 aliphatic rings. The first-order valence-electron chi connectivity index (χ1n) is 8.05. The van der Waals surface area contributed by atoms with Crippen LogP contribution in [0.5, 0.6) is 11.5 Å². The number of ether oxygens (including phenoxy) is 2. The molecule has 2 aromatic carbocycles. The Hall–Kier alpha value is -3.21. The number of carbonyl (C=O) groups excluding carboxylic acids is 1. The van der Waals surface area contributed by atoms with E-state index in [4.69, 9.17) is 9.47 Å². The highest BCUT2D eigenvalue weighted by Gasteiger charge is 2.05. The maximum Gasteiger partial charge on any atom is 0.251 e. The molecule has 0 saturated carbocycles. The van der Waals surface area contributed by atoms with Crippen molar-refractivity contribution in [3.8, 4) is 17.2 Å². The Labute approximate surface area is 146 Å². The first-order chi connectivity index (χ1) is 12.3. The number of rotatable bonds is 7. The molecule has 0 radical (unpaired) electrons. The Bertz CT molecular complexity index is 794. The number of nitrogens with zero attached hydrogens (tertiary/aromatic N) is 1. The van der Waals surface area contributed by atoms with Crippen molar-refractivity contribution in [2.45, 2.75) is 0 Å². The fourth-order valence-electron chi connectivity index (χ4n) is 2.40. The van der Waals surface area contributed by atoms with Crippen LogP contribution in [0.2, 0.25) is 0 Å². The normalized spacial score (nSPS) is 10.3. The van der Waals surface area contributed by atoms with Gasteiger partial charge in [0.05, 0.1) is 13.7 Å².